The van der Waals surface area contributed by atoms with E-state index in [1.807, 2.05) is 31.1 Å². The molecule has 1 amide bonds. The van der Waals surface area contributed by atoms with Crippen LogP contribution in [0.3, 0.4) is 0 Å². The SMILES string of the molecule is CC(C)CN(CCN(C)C)C(=O)c1ccc(C#CCN)s1. The van der Waals surface area contributed by atoms with Crippen LogP contribution in [-0.4, -0.2) is 56.0 Å². The molecule has 0 aromatic carbocycles. The molecule has 1 aromatic heterocycles. The molecule has 0 saturated carbocycles. The maximum Gasteiger partial charge on any atom is 0.264 e. The summed E-state index contributed by atoms with van der Waals surface area (Å²) in [6.45, 7) is 6.97. The van der Waals surface area contributed by atoms with Gasteiger partial charge in [-0.2, -0.15) is 0 Å². The summed E-state index contributed by atoms with van der Waals surface area (Å²) in [5.41, 5.74) is 5.37. The zero-order valence-electron chi connectivity index (χ0n) is 13.3. The van der Waals surface area contributed by atoms with E-state index in [2.05, 4.69) is 30.6 Å². The molecule has 0 aliphatic heterocycles. The van der Waals surface area contributed by atoms with Crippen molar-refractivity contribution in [3.63, 3.8) is 0 Å². The van der Waals surface area contributed by atoms with Crippen molar-refractivity contribution in [1.82, 2.24) is 9.80 Å². The summed E-state index contributed by atoms with van der Waals surface area (Å²) in [5, 5.41) is 0. The standard InChI is InChI=1S/C16H25N3OS/c1-13(2)12-19(11-10-18(3)4)16(20)15-8-7-14(21-15)6-5-9-17/h7-8,13H,9-12,17H2,1-4H3. The van der Waals surface area contributed by atoms with Gasteiger partial charge < -0.3 is 15.5 Å². The summed E-state index contributed by atoms with van der Waals surface area (Å²) < 4.78 is 0. The van der Waals surface area contributed by atoms with Gasteiger partial charge in [0.15, 0.2) is 0 Å². The largest absolute Gasteiger partial charge is 0.336 e. The van der Waals surface area contributed by atoms with Crippen LogP contribution < -0.4 is 5.73 Å². The number of carbonyl (C=O) groups excluding carboxylic acids is 1. The fourth-order valence-corrected chi connectivity index (χ4v) is 2.70. The number of rotatable bonds is 6. The predicted octanol–water partition coefficient (Wildman–Crippen LogP) is 1.72. The summed E-state index contributed by atoms with van der Waals surface area (Å²) >= 11 is 1.44. The Labute approximate surface area is 131 Å². The Bertz CT molecular complexity index is 511. The van der Waals surface area contributed by atoms with Gasteiger partial charge in [0.05, 0.1) is 16.3 Å². The van der Waals surface area contributed by atoms with Crippen LogP contribution in [-0.2, 0) is 0 Å². The number of nitrogens with two attached hydrogens (primary N) is 1. The number of hydrogen-bond acceptors (Lipinski definition) is 4. The molecule has 1 heterocycles. The van der Waals surface area contributed by atoms with Crippen LogP contribution in [0, 0.1) is 17.8 Å². The number of carbonyl (C=O) groups is 1. The molecule has 5 heteroatoms. The average Bonchev–Trinajstić information content (AvgIpc) is 2.88. The number of hydrogen-bond donors (Lipinski definition) is 1. The summed E-state index contributed by atoms with van der Waals surface area (Å²) in [6.07, 6.45) is 0. The van der Waals surface area contributed by atoms with Gasteiger partial charge in [-0.1, -0.05) is 25.7 Å². The second-order valence-corrected chi connectivity index (χ2v) is 6.70. The highest BCUT2D eigenvalue weighted by Gasteiger charge is 2.18. The number of thiophene rings is 1. The average molecular weight is 307 g/mol. The number of nitrogens with zero attached hydrogens (tertiary/aromatic N) is 2. The topological polar surface area (TPSA) is 49.6 Å². The van der Waals surface area contributed by atoms with Crippen molar-refractivity contribution in [1.29, 1.82) is 0 Å². The first kappa shape index (κ1) is 17.7. The van der Waals surface area contributed by atoms with Gasteiger partial charge in [0.25, 0.3) is 5.91 Å². The molecule has 0 spiro atoms. The van der Waals surface area contributed by atoms with Crippen LogP contribution >= 0.6 is 11.3 Å². The van der Waals surface area contributed by atoms with Crippen molar-refractivity contribution in [2.45, 2.75) is 13.8 Å². The molecule has 4 nitrogen and oxygen atoms in total. The van der Waals surface area contributed by atoms with Gasteiger partial charge >= 0.3 is 0 Å². The minimum Gasteiger partial charge on any atom is -0.336 e. The Balaban J connectivity index is 2.80. The molecule has 0 saturated heterocycles. The fourth-order valence-electron chi connectivity index (χ4n) is 1.85. The summed E-state index contributed by atoms with van der Waals surface area (Å²) in [5.74, 6) is 6.33. The van der Waals surface area contributed by atoms with Gasteiger partial charge in [-0.3, -0.25) is 4.79 Å². The molecule has 0 fully saturated rings. The Hall–Kier alpha value is -1.35. The molecule has 0 aliphatic carbocycles. The Morgan fingerprint density at radius 1 is 1.33 bits per heavy atom. The second kappa shape index (κ2) is 8.83. The molecule has 0 unspecified atom stereocenters. The summed E-state index contributed by atoms with van der Waals surface area (Å²) in [7, 11) is 4.04. The highest BCUT2D eigenvalue weighted by Crippen LogP contribution is 2.18. The minimum atomic E-state index is 0.0938. The van der Waals surface area contributed by atoms with E-state index in [1.165, 1.54) is 11.3 Å². The van der Waals surface area contributed by atoms with Gasteiger partial charge in [0.1, 0.15) is 0 Å². The third kappa shape index (κ3) is 6.30. The van der Waals surface area contributed by atoms with E-state index in [0.717, 1.165) is 29.4 Å². The number of likely N-dealkylation sites (N-methyl/N-ethyl adjacent to an activating group) is 1. The van der Waals surface area contributed by atoms with Crippen molar-refractivity contribution >= 4 is 17.2 Å². The maximum atomic E-state index is 12.6. The summed E-state index contributed by atoms with van der Waals surface area (Å²) in [4.78, 5) is 18.3. The molecule has 21 heavy (non-hydrogen) atoms. The maximum absolute atomic E-state index is 12.6. The normalized spacial score (nSPS) is 10.6. The lowest BCUT2D eigenvalue weighted by molar-refractivity contribution is 0.0729. The van der Waals surface area contributed by atoms with Gasteiger partial charge in [-0.05, 0) is 32.1 Å². The first-order valence-electron chi connectivity index (χ1n) is 7.16. The van der Waals surface area contributed by atoms with Crippen LogP contribution in [0.5, 0.6) is 0 Å². The monoisotopic (exact) mass is 307 g/mol. The van der Waals surface area contributed by atoms with Crippen molar-refractivity contribution < 1.29 is 4.79 Å². The van der Waals surface area contributed by atoms with Crippen LogP contribution in [0.4, 0.5) is 0 Å². The highest BCUT2D eigenvalue weighted by atomic mass is 32.1. The molecular formula is C16H25N3OS. The molecule has 1 rings (SSSR count). The Kier molecular flexibility index (Phi) is 7.44. The first-order valence-corrected chi connectivity index (χ1v) is 7.98. The molecule has 0 radical (unpaired) electrons. The van der Waals surface area contributed by atoms with E-state index in [1.54, 1.807) is 0 Å². The van der Waals surface area contributed by atoms with Gasteiger partial charge in [0, 0.05) is 19.6 Å². The van der Waals surface area contributed by atoms with Crippen molar-refractivity contribution in [3.8, 4) is 11.8 Å². The molecule has 2 N–H and O–H groups in total. The molecule has 0 aliphatic rings. The Morgan fingerprint density at radius 2 is 2.05 bits per heavy atom. The quantitative estimate of drug-likeness (QED) is 0.814. The summed E-state index contributed by atoms with van der Waals surface area (Å²) in [6, 6.07) is 3.75. The van der Waals surface area contributed by atoms with Crippen LogP contribution in [0.25, 0.3) is 0 Å². The smallest absolute Gasteiger partial charge is 0.264 e. The highest BCUT2D eigenvalue weighted by molar-refractivity contribution is 7.14. The van der Waals surface area contributed by atoms with Crippen LogP contribution in [0.2, 0.25) is 0 Å². The lowest BCUT2D eigenvalue weighted by atomic mass is 10.2. The predicted molar refractivity (Wildman–Crippen MR) is 89.5 cm³/mol. The van der Waals surface area contributed by atoms with Crippen LogP contribution in [0.15, 0.2) is 12.1 Å². The van der Waals surface area contributed by atoms with Gasteiger partial charge in [-0.25, -0.2) is 0 Å². The zero-order valence-corrected chi connectivity index (χ0v) is 14.2. The fraction of sp³-hybridized carbons (Fsp3) is 0.562. The van der Waals surface area contributed by atoms with Gasteiger partial charge in [-0.15, -0.1) is 11.3 Å². The Morgan fingerprint density at radius 3 is 2.62 bits per heavy atom. The van der Waals surface area contributed by atoms with Crippen molar-refractivity contribution in [2.75, 3.05) is 40.3 Å². The molecule has 1 aromatic rings. The van der Waals surface area contributed by atoms with E-state index >= 15 is 0 Å². The van der Waals surface area contributed by atoms with E-state index in [4.69, 9.17) is 5.73 Å². The lowest BCUT2D eigenvalue weighted by Crippen LogP contribution is -2.38. The molecule has 116 valence electrons. The molecule has 0 bridgehead atoms. The third-order valence-corrected chi connectivity index (χ3v) is 3.81. The molecular weight excluding hydrogens is 282 g/mol. The second-order valence-electron chi connectivity index (χ2n) is 5.62. The lowest BCUT2D eigenvalue weighted by Gasteiger charge is -2.25. The van der Waals surface area contributed by atoms with E-state index in [9.17, 15) is 4.79 Å². The van der Waals surface area contributed by atoms with E-state index in [0.29, 0.717) is 12.5 Å². The first-order chi connectivity index (χ1) is 9.93. The van der Waals surface area contributed by atoms with Crippen molar-refractivity contribution in [3.05, 3.63) is 21.9 Å². The minimum absolute atomic E-state index is 0.0938. The van der Waals surface area contributed by atoms with Crippen molar-refractivity contribution in [2.24, 2.45) is 11.7 Å². The van der Waals surface area contributed by atoms with E-state index in [-0.39, 0.29) is 5.91 Å². The van der Waals surface area contributed by atoms with Crippen LogP contribution in [0.1, 0.15) is 28.4 Å². The van der Waals surface area contributed by atoms with Gasteiger partial charge in [0.2, 0.25) is 0 Å². The third-order valence-electron chi connectivity index (χ3n) is 2.82. The number of amides is 1. The zero-order chi connectivity index (χ0) is 15.8. The molecule has 0 atom stereocenters. The van der Waals surface area contributed by atoms with E-state index < -0.39 is 0 Å².